The van der Waals surface area contributed by atoms with E-state index in [4.69, 9.17) is 13.9 Å². The largest absolute Gasteiger partial charge is 0.447 e. The fourth-order valence-corrected chi connectivity index (χ4v) is 1.30. The Morgan fingerprint density at radius 1 is 1.10 bits per heavy atom. The smallest absolute Gasteiger partial charge is 0.420 e. The van der Waals surface area contributed by atoms with E-state index in [2.05, 4.69) is 4.98 Å². The van der Waals surface area contributed by atoms with Crippen molar-refractivity contribution in [2.45, 2.75) is 59.3 Å². The molecule has 0 bridgehead atoms. The average Bonchev–Trinajstić information content (AvgIpc) is 2.72. The predicted molar refractivity (Wildman–Crippen MR) is 74.5 cm³/mol. The summed E-state index contributed by atoms with van der Waals surface area (Å²) in [6.07, 6.45) is 1.17. The summed E-state index contributed by atoms with van der Waals surface area (Å²) in [5, 5.41) is 0. The summed E-state index contributed by atoms with van der Waals surface area (Å²) in [6.45, 7) is 10.1. The second-order valence-electron chi connectivity index (χ2n) is 6.47. The van der Waals surface area contributed by atoms with Gasteiger partial charge in [0.15, 0.2) is 0 Å². The summed E-state index contributed by atoms with van der Waals surface area (Å²) in [6, 6.07) is 0. The van der Waals surface area contributed by atoms with E-state index >= 15 is 0 Å². The van der Waals surface area contributed by atoms with Crippen LogP contribution in [0.25, 0.3) is 0 Å². The summed E-state index contributed by atoms with van der Waals surface area (Å²) in [5.74, 6) is 0.215. The second-order valence-corrected chi connectivity index (χ2v) is 6.47. The number of carbonyl (C=O) groups is 2. The van der Waals surface area contributed by atoms with E-state index in [1.54, 1.807) is 41.5 Å². The molecule has 0 radical (unpaired) electrons. The van der Waals surface area contributed by atoms with Crippen molar-refractivity contribution in [2.24, 2.45) is 0 Å². The first kappa shape index (κ1) is 17.0. The molecule has 0 saturated heterocycles. The van der Waals surface area contributed by atoms with Crippen LogP contribution in [0.1, 0.15) is 47.4 Å². The van der Waals surface area contributed by atoms with Crippen molar-refractivity contribution in [1.29, 1.82) is 0 Å². The first-order valence-electron chi connectivity index (χ1n) is 6.60. The van der Waals surface area contributed by atoms with Gasteiger partial charge in [0.25, 0.3) is 0 Å². The minimum atomic E-state index is -0.810. The van der Waals surface area contributed by atoms with Crippen LogP contribution in [0.2, 0.25) is 0 Å². The molecule has 0 aliphatic carbocycles. The summed E-state index contributed by atoms with van der Waals surface area (Å²) < 4.78 is 15.5. The number of ether oxygens (including phenoxy) is 2. The molecule has 1 rings (SSSR count). The van der Waals surface area contributed by atoms with Gasteiger partial charge in [0.2, 0.25) is 5.89 Å². The standard InChI is InChI=1S/C14H22N2O5/c1-13(2,3)20-11(17)16(9-10-15-7-8-19-10)12(18)21-14(4,5)6/h7-8H,9H2,1-6H3. The molecule has 2 amide bonds. The van der Waals surface area contributed by atoms with Gasteiger partial charge in [0, 0.05) is 0 Å². The van der Waals surface area contributed by atoms with E-state index in [0.717, 1.165) is 4.90 Å². The Morgan fingerprint density at radius 2 is 1.57 bits per heavy atom. The highest BCUT2D eigenvalue weighted by atomic mass is 16.6. The SMILES string of the molecule is CC(C)(C)OC(=O)N(Cc1ncco1)C(=O)OC(C)(C)C. The first-order valence-corrected chi connectivity index (χ1v) is 6.60. The maximum absolute atomic E-state index is 12.1. The van der Waals surface area contributed by atoms with Gasteiger partial charge in [-0.3, -0.25) is 0 Å². The van der Waals surface area contributed by atoms with E-state index in [1.807, 2.05) is 0 Å². The summed E-state index contributed by atoms with van der Waals surface area (Å²) >= 11 is 0. The van der Waals surface area contributed by atoms with Gasteiger partial charge in [-0.1, -0.05) is 0 Å². The quantitative estimate of drug-likeness (QED) is 0.832. The number of rotatable bonds is 2. The number of amides is 2. The molecule has 1 heterocycles. The molecular weight excluding hydrogens is 276 g/mol. The maximum Gasteiger partial charge on any atom is 0.420 e. The highest BCUT2D eigenvalue weighted by Gasteiger charge is 2.32. The maximum atomic E-state index is 12.1. The lowest BCUT2D eigenvalue weighted by Crippen LogP contribution is -2.43. The van der Waals surface area contributed by atoms with Gasteiger partial charge in [-0.15, -0.1) is 0 Å². The van der Waals surface area contributed by atoms with Gasteiger partial charge in [-0.25, -0.2) is 19.5 Å². The Morgan fingerprint density at radius 3 is 1.90 bits per heavy atom. The average molecular weight is 298 g/mol. The van der Waals surface area contributed by atoms with Gasteiger partial charge in [-0.05, 0) is 41.5 Å². The number of hydrogen-bond donors (Lipinski definition) is 0. The zero-order chi connectivity index (χ0) is 16.3. The van der Waals surface area contributed by atoms with Crippen molar-refractivity contribution < 1.29 is 23.5 Å². The van der Waals surface area contributed by atoms with Crippen molar-refractivity contribution in [3.05, 3.63) is 18.4 Å². The molecule has 7 nitrogen and oxygen atoms in total. The fraction of sp³-hybridized carbons (Fsp3) is 0.643. The van der Waals surface area contributed by atoms with Crippen LogP contribution in [0.5, 0.6) is 0 Å². The molecule has 7 heteroatoms. The lowest BCUT2D eigenvalue weighted by Gasteiger charge is -2.27. The van der Waals surface area contributed by atoms with Crippen LogP contribution < -0.4 is 0 Å². The van der Waals surface area contributed by atoms with Crippen LogP contribution in [0.15, 0.2) is 16.9 Å². The van der Waals surface area contributed by atoms with Gasteiger partial charge in [-0.2, -0.15) is 0 Å². The molecule has 0 N–H and O–H groups in total. The number of imide groups is 1. The lowest BCUT2D eigenvalue weighted by atomic mass is 10.2. The molecule has 1 aromatic rings. The zero-order valence-electron chi connectivity index (χ0n) is 13.3. The third-order valence-electron chi connectivity index (χ3n) is 2.00. The molecule has 0 unspecified atom stereocenters. The molecule has 0 aliphatic heterocycles. The second kappa shape index (κ2) is 6.15. The van der Waals surface area contributed by atoms with Crippen molar-refractivity contribution in [1.82, 2.24) is 9.88 Å². The van der Waals surface area contributed by atoms with E-state index in [-0.39, 0.29) is 12.4 Å². The fourth-order valence-electron chi connectivity index (χ4n) is 1.30. The monoisotopic (exact) mass is 298 g/mol. The van der Waals surface area contributed by atoms with Gasteiger partial charge in [0.1, 0.15) is 24.0 Å². The van der Waals surface area contributed by atoms with E-state index in [9.17, 15) is 9.59 Å². The molecule has 0 saturated carbocycles. The molecule has 0 aliphatic rings. The molecular formula is C14H22N2O5. The Hall–Kier alpha value is -2.05. The molecule has 118 valence electrons. The van der Waals surface area contributed by atoms with Crippen LogP contribution in [-0.2, 0) is 16.0 Å². The summed E-state index contributed by atoms with van der Waals surface area (Å²) in [7, 11) is 0. The molecule has 0 fully saturated rings. The van der Waals surface area contributed by atoms with Gasteiger partial charge in [0.05, 0.1) is 6.20 Å². The van der Waals surface area contributed by atoms with Gasteiger partial charge >= 0.3 is 12.2 Å². The van der Waals surface area contributed by atoms with Crippen molar-refractivity contribution in [3.8, 4) is 0 Å². The van der Waals surface area contributed by atoms with Crippen molar-refractivity contribution >= 4 is 12.2 Å². The zero-order valence-corrected chi connectivity index (χ0v) is 13.3. The molecule has 0 aromatic carbocycles. The van der Waals surface area contributed by atoms with Crippen molar-refractivity contribution in [3.63, 3.8) is 0 Å². The Kier molecular flexibility index (Phi) is 4.98. The summed E-state index contributed by atoms with van der Waals surface area (Å²) in [5.41, 5.74) is -1.46. The van der Waals surface area contributed by atoms with Crippen LogP contribution in [0.3, 0.4) is 0 Å². The number of aromatic nitrogens is 1. The predicted octanol–water partition coefficient (Wildman–Crippen LogP) is 3.35. The van der Waals surface area contributed by atoms with Crippen LogP contribution in [-0.4, -0.2) is 33.3 Å². The number of hydrogen-bond acceptors (Lipinski definition) is 6. The Labute approximate surface area is 124 Å². The number of oxazole rings is 1. The highest BCUT2D eigenvalue weighted by molar-refractivity contribution is 5.88. The molecule has 0 atom stereocenters. The van der Waals surface area contributed by atoms with Crippen molar-refractivity contribution in [2.75, 3.05) is 0 Å². The Bertz CT molecular complexity index is 454. The van der Waals surface area contributed by atoms with Crippen LogP contribution in [0.4, 0.5) is 9.59 Å². The topological polar surface area (TPSA) is 81.9 Å². The molecule has 0 spiro atoms. The molecule has 1 aromatic heterocycles. The van der Waals surface area contributed by atoms with E-state index in [0.29, 0.717) is 0 Å². The molecule has 21 heavy (non-hydrogen) atoms. The summed E-state index contributed by atoms with van der Waals surface area (Å²) in [4.78, 5) is 29.0. The third kappa shape index (κ3) is 6.29. The van der Waals surface area contributed by atoms with Crippen LogP contribution in [0, 0.1) is 0 Å². The minimum absolute atomic E-state index is 0.156. The Balaban J connectivity index is 2.88. The van der Waals surface area contributed by atoms with E-state index < -0.39 is 23.4 Å². The van der Waals surface area contributed by atoms with Gasteiger partial charge < -0.3 is 13.9 Å². The highest BCUT2D eigenvalue weighted by Crippen LogP contribution is 2.16. The lowest BCUT2D eigenvalue weighted by molar-refractivity contribution is -0.00175. The number of carbonyl (C=O) groups excluding carboxylic acids is 2. The first-order chi connectivity index (χ1) is 9.48. The minimum Gasteiger partial charge on any atom is -0.447 e. The third-order valence-corrected chi connectivity index (χ3v) is 2.00. The normalized spacial score (nSPS) is 11.9. The van der Waals surface area contributed by atoms with E-state index in [1.165, 1.54) is 12.5 Å². The number of nitrogens with zero attached hydrogens (tertiary/aromatic N) is 2. The van der Waals surface area contributed by atoms with Crippen LogP contribution >= 0.6 is 0 Å².